The van der Waals surface area contributed by atoms with Crippen LogP contribution in [0.2, 0.25) is 0 Å². The van der Waals surface area contributed by atoms with Gasteiger partial charge in [0, 0.05) is 31.3 Å². The second-order valence-electron chi connectivity index (χ2n) is 5.23. The molecule has 21 heavy (non-hydrogen) atoms. The van der Waals surface area contributed by atoms with E-state index in [2.05, 4.69) is 0 Å². The van der Waals surface area contributed by atoms with Crippen LogP contribution in [0.5, 0.6) is 0 Å². The third-order valence-electron chi connectivity index (χ3n) is 3.79. The lowest BCUT2D eigenvalue weighted by atomic mass is 9.90. The Morgan fingerprint density at radius 2 is 1.71 bits per heavy atom. The quantitative estimate of drug-likeness (QED) is 0.910. The molecular formula is C14H18ClF3N2O. The minimum absolute atomic E-state index is 0. The standard InChI is InChI=1S/C14H17F3N2O.ClH/c1-8(18)9-2-4-19(5-3-9)14(20)13-11(16)6-10(15)7-12(13)17;/h6-9H,2-5,18H2,1H3;1H. The van der Waals surface area contributed by atoms with Crippen molar-refractivity contribution in [3.05, 3.63) is 35.1 Å². The summed E-state index contributed by atoms with van der Waals surface area (Å²) in [5.74, 6) is -3.79. The number of amides is 1. The molecule has 0 aliphatic carbocycles. The van der Waals surface area contributed by atoms with Crippen LogP contribution in [0.3, 0.4) is 0 Å². The van der Waals surface area contributed by atoms with E-state index in [1.54, 1.807) is 0 Å². The van der Waals surface area contributed by atoms with Gasteiger partial charge in [-0.15, -0.1) is 12.4 Å². The van der Waals surface area contributed by atoms with E-state index in [4.69, 9.17) is 5.73 Å². The molecule has 1 unspecified atom stereocenters. The lowest BCUT2D eigenvalue weighted by molar-refractivity contribution is 0.0671. The molecule has 0 radical (unpaired) electrons. The molecule has 1 heterocycles. The van der Waals surface area contributed by atoms with Gasteiger partial charge in [-0.3, -0.25) is 4.79 Å². The molecule has 1 aromatic carbocycles. The van der Waals surface area contributed by atoms with E-state index in [1.165, 1.54) is 4.90 Å². The van der Waals surface area contributed by atoms with E-state index in [9.17, 15) is 18.0 Å². The number of carbonyl (C=O) groups excluding carboxylic acids is 1. The highest BCUT2D eigenvalue weighted by molar-refractivity contribution is 5.94. The van der Waals surface area contributed by atoms with Crippen molar-refractivity contribution in [2.24, 2.45) is 11.7 Å². The fourth-order valence-corrected chi connectivity index (χ4v) is 2.53. The highest BCUT2D eigenvalue weighted by atomic mass is 35.5. The largest absolute Gasteiger partial charge is 0.338 e. The molecule has 2 N–H and O–H groups in total. The van der Waals surface area contributed by atoms with Crippen molar-refractivity contribution in [2.45, 2.75) is 25.8 Å². The van der Waals surface area contributed by atoms with Crippen molar-refractivity contribution in [2.75, 3.05) is 13.1 Å². The van der Waals surface area contributed by atoms with Crippen molar-refractivity contribution in [3.63, 3.8) is 0 Å². The molecule has 1 fully saturated rings. The smallest absolute Gasteiger partial charge is 0.259 e. The van der Waals surface area contributed by atoms with Crippen LogP contribution < -0.4 is 5.73 Å². The number of piperidine rings is 1. The third-order valence-corrected chi connectivity index (χ3v) is 3.79. The van der Waals surface area contributed by atoms with E-state index in [-0.39, 0.29) is 18.4 Å². The molecule has 0 spiro atoms. The number of likely N-dealkylation sites (tertiary alicyclic amines) is 1. The van der Waals surface area contributed by atoms with Gasteiger partial charge in [0.1, 0.15) is 23.0 Å². The van der Waals surface area contributed by atoms with E-state index in [1.807, 2.05) is 6.92 Å². The van der Waals surface area contributed by atoms with E-state index in [0.717, 1.165) is 0 Å². The predicted molar refractivity (Wildman–Crippen MR) is 75.8 cm³/mol. The normalized spacial score (nSPS) is 17.3. The first-order valence-corrected chi connectivity index (χ1v) is 6.59. The number of benzene rings is 1. The van der Waals surface area contributed by atoms with Crippen LogP contribution in [0.1, 0.15) is 30.1 Å². The van der Waals surface area contributed by atoms with Gasteiger partial charge < -0.3 is 10.6 Å². The van der Waals surface area contributed by atoms with E-state index in [0.29, 0.717) is 44.0 Å². The van der Waals surface area contributed by atoms with Crippen molar-refractivity contribution < 1.29 is 18.0 Å². The third kappa shape index (κ3) is 3.89. The van der Waals surface area contributed by atoms with Crippen molar-refractivity contribution >= 4 is 18.3 Å². The average molecular weight is 323 g/mol. The maximum Gasteiger partial charge on any atom is 0.259 e. The van der Waals surface area contributed by atoms with Gasteiger partial charge in [-0.05, 0) is 25.7 Å². The molecule has 0 aromatic heterocycles. The molecule has 1 aliphatic heterocycles. The Hall–Kier alpha value is -1.27. The first kappa shape index (κ1) is 17.8. The molecule has 1 aromatic rings. The van der Waals surface area contributed by atoms with Crippen LogP contribution >= 0.6 is 12.4 Å². The maximum absolute atomic E-state index is 13.6. The summed E-state index contributed by atoms with van der Waals surface area (Å²) in [6.45, 7) is 2.71. The van der Waals surface area contributed by atoms with Gasteiger partial charge in [0.05, 0.1) is 0 Å². The van der Waals surface area contributed by atoms with Gasteiger partial charge in [0.2, 0.25) is 0 Å². The number of hydrogen-bond acceptors (Lipinski definition) is 2. The summed E-state index contributed by atoms with van der Waals surface area (Å²) in [5, 5.41) is 0. The summed E-state index contributed by atoms with van der Waals surface area (Å²) in [4.78, 5) is 13.5. The number of nitrogens with two attached hydrogens (primary N) is 1. The van der Waals surface area contributed by atoms with E-state index >= 15 is 0 Å². The molecule has 3 nitrogen and oxygen atoms in total. The Kier molecular flexibility index (Phi) is 6.04. The minimum atomic E-state index is -1.16. The van der Waals surface area contributed by atoms with Crippen LogP contribution in [0.15, 0.2) is 12.1 Å². The van der Waals surface area contributed by atoms with Crippen molar-refractivity contribution in [1.82, 2.24) is 4.90 Å². The van der Waals surface area contributed by atoms with Crippen LogP contribution in [0.4, 0.5) is 13.2 Å². The minimum Gasteiger partial charge on any atom is -0.338 e. The van der Waals surface area contributed by atoms with Crippen LogP contribution in [-0.4, -0.2) is 29.9 Å². The molecule has 1 amide bonds. The Morgan fingerprint density at radius 1 is 1.24 bits per heavy atom. The summed E-state index contributed by atoms with van der Waals surface area (Å²) < 4.78 is 40.0. The Bertz CT molecular complexity index is 494. The number of hydrogen-bond donors (Lipinski definition) is 1. The van der Waals surface area contributed by atoms with Crippen molar-refractivity contribution in [1.29, 1.82) is 0 Å². The highest BCUT2D eigenvalue weighted by Crippen LogP contribution is 2.23. The molecule has 1 saturated heterocycles. The lowest BCUT2D eigenvalue weighted by Crippen LogP contribution is -2.43. The fourth-order valence-electron chi connectivity index (χ4n) is 2.53. The first-order chi connectivity index (χ1) is 9.40. The van der Waals surface area contributed by atoms with E-state index < -0.39 is 28.9 Å². The fraction of sp³-hybridized carbons (Fsp3) is 0.500. The first-order valence-electron chi connectivity index (χ1n) is 6.59. The average Bonchev–Trinajstić information content (AvgIpc) is 2.37. The molecular weight excluding hydrogens is 305 g/mol. The second-order valence-corrected chi connectivity index (χ2v) is 5.23. The maximum atomic E-state index is 13.6. The number of carbonyl (C=O) groups is 1. The van der Waals surface area contributed by atoms with Crippen LogP contribution in [-0.2, 0) is 0 Å². The van der Waals surface area contributed by atoms with Gasteiger partial charge in [-0.25, -0.2) is 13.2 Å². The highest BCUT2D eigenvalue weighted by Gasteiger charge is 2.28. The van der Waals surface area contributed by atoms with Gasteiger partial charge in [0.25, 0.3) is 5.91 Å². The molecule has 2 rings (SSSR count). The zero-order valence-corrected chi connectivity index (χ0v) is 12.4. The van der Waals surface area contributed by atoms with Crippen molar-refractivity contribution in [3.8, 4) is 0 Å². The predicted octanol–water partition coefficient (Wildman–Crippen LogP) is 2.73. The zero-order valence-electron chi connectivity index (χ0n) is 11.6. The molecule has 7 heteroatoms. The van der Waals surface area contributed by atoms with Crippen LogP contribution in [0, 0.1) is 23.4 Å². The molecule has 0 saturated carbocycles. The SMILES string of the molecule is CC(N)C1CCN(C(=O)c2c(F)cc(F)cc2F)CC1.Cl. The second kappa shape index (κ2) is 7.13. The Balaban J connectivity index is 0.00000220. The molecule has 1 aliphatic rings. The number of nitrogens with zero attached hydrogens (tertiary/aromatic N) is 1. The summed E-state index contributed by atoms with van der Waals surface area (Å²) in [6, 6.07) is 1.07. The van der Waals surface area contributed by atoms with Gasteiger partial charge >= 0.3 is 0 Å². The Labute approximate surface area is 127 Å². The summed E-state index contributed by atoms with van der Waals surface area (Å²) in [6.07, 6.45) is 1.40. The summed E-state index contributed by atoms with van der Waals surface area (Å²) >= 11 is 0. The van der Waals surface area contributed by atoms with Gasteiger partial charge in [0.15, 0.2) is 0 Å². The summed E-state index contributed by atoms with van der Waals surface area (Å²) in [5.41, 5.74) is 5.11. The van der Waals surface area contributed by atoms with Crippen LogP contribution in [0.25, 0.3) is 0 Å². The topological polar surface area (TPSA) is 46.3 Å². The number of halogens is 4. The number of rotatable bonds is 2. The Morgan fingerprint density at radius 3 is 2.14 bits per heavy atom. The van der Waals surface area contributed by atoms with Gasteiger partial charge in [-0.2, -0.15) is 0 Å². The molecule has 1 atom stereocenters. The molecule has 0 bridgehead atoms. The molecule has 118 valence electrons. The summed E-state index contributed by atoms with van der Waals surface area (Å²) in [7, 11) is 0. The zero-order chi connectivity index (χ0) is 14.9. The van der Waals surface area contributed by atoms with Gasteiger partial charge in [-0.1, -0.05) is 0 Å². The monoisotopic (exact) mass is 322 g/mol. The lowest BCUT2D eigenvalue weighted by Gasteiger charge is -2.33.